The van der Waals surface area contributed by atoms with Crippen molar-refractivity contribution in [1.82, 2.24) is 9.78 Å². The first-order chi connectivity index (χ1) is 6.61. The number of aromatic nitrogens is 2. The second-order valence-electron chi connectivity index (χ2n) is 3.28. The third-order valence-electron chi connectivity index (χ3n) is 2.11. The van der Waals surface area contributed by atoms with Crippen molar-refractivity contribution in [3.05, 3.63) is 16.9 Å². The Kier molecular flexibility index (Phi) is 3.95. The van der Waals surface area contributed by atoms with Crippen molar-refractivity contribution in [2.24, 2.45) is 5.73 Å². The third-order valence-corrected chi connectivity index (χ3v) is 2.48. The van der Waals surface area contributed by atoms with E-state index in [1.54, 1.807) is 6.20 Å². The average Bonchev–Trinajstić information content (AvgIpc) is 2.43. The largest absolute Gasteiger partial charge is 0.388 e. The van der Waals surface area contributed by atoms with Gasteiger partial charge >= 0.3 is 0 Å². The standard InChI is InChI=1S/C9H15ClN4/c1-7-8(10)6-13-14(7)5-3-2-4-9(11)12/h6H,2-5H2,1H3,(H3,11,12). The lowest BCUT2D eigenvalue weighted by molar-refractivity contribution is 0.551. The van der Waals surface area contributed by atoms with Gasteiger partial charge in [-0.15, -0.1) is 0 Å². The van der Waals surface area contributed by atoms with Crippen molar-refractivity contribution >= 4 is 17.4 Å². The molecular formula is C9H15ClN4. The summed E-state index contributed by atoms with van der Waals surface area (Å²) in [6, 6.07) is 0. The van der Waals surface area contributed by atoms with Gasteiger partial charge in [-0.05, 0) is 19.8 Å². The summed E-state index contributed by atoms with van der Waals surface area (Å²) in [6.07, 6.45) is 4.21. The summed E-state index contributed by atoms with van der Waals surface area (Å²) in [6.45, 7) is 2.78. The number of nitrogens with one attached hydrogen (secondary N) is 1. The molecule has 0 saturated heterocycles. The highest BCUT2D eigenvalue weighted by Gasteiger charge is 2.02. The zero-order valence-corrected chi connectivity index (χ0v) is 9.01. The third kappa shape index (κ3) is 3.03. The molecule has 78 valence electrons. The first kappa shape index (κ1) is 11.0. The minimum absolute atomic E-state index is 0.250. The van der Waals surface area contributed by atoms with Crippen LogP contribution in [0.25, 0.3) is 0 Å². The van der Waals surface area contributed by atoms with Crippen molar-refractivity contribution in [1.29, 1.82) is 5.41 Å². The van der Waals surface area contributed by atoms with Gasteiger partial charge in [0.15, 0.2) is 0 Å². The van der Waals surface area contributed by atoms with Crippen LogP contribution in [0.4, 0.5) is 0 Å². The maximum atomic E-state index is 7.06. The van der Waals surface area contributed by atoms with Gasteiger partial charge in [0, 0.05) is 13.0 Å². The van der Waals surface area contributed by atoms with Gasteiger partial charge in [-0.25, -0.2) is 0 Å². The van der Waals surface area contributed by atoms with Gasteiger partial charge in [0.1, 0.15) is 0 Å². The Hall–Kier alpha value is -1.03. The van der Waals surface area contributed by atoms with Gasteiger partial charge in [0.05, 0.1) is 22.7 Å². The molecule has 1 aromatic rings. The van der Waals surface area contributed by atoms with E-state index in [9.17, 15) is 0 Å². The molecule has 5 heteroatoms. The second-order valence-corrected chi connectivity index (χ2v) is 3.69. The maximum Gasteiger partial charge on any atom is 0.0905 e. The molecule has 3 N–H and O–H groups in total. The van der Waals surface area contributed by atoms with Crippen molar-refractivity contribution in [2.45, 2.75) is 32.7 Å². The van der Waals surface area contributed by atoms with Crippen molar-refractivity contribution < 1.29 is 0 Å². The maximum absolute atomic E-state index is 7.06. The number of nitrogens with two attached hydrogens (primary N) is 1. The van der Waals surface area contributed by atoms with Crippen LogP contribution in [0.2, 0.25) is 5.02 Å². The fraction of sp³-hybridized carbons (Fsp3) is 0.556. The molecule has 0 amide bonds. The fourth-order valence-corrected chi connectivity index (χ4v) is 1.37. The van der Waals surface area contributed by atoms with E-state index < -0.39 is 0 Å². The predicted molar refractivity (Wildman–Crippen MR) is 57.7 cm³/mol. The summed E-state index contributed by atoms with van der Waals surface area (Å²) in [4.78, 5) is 0. The molecule has 0 radical (unpaired) electrons. The number of unbranched alkanes of at least 4 members (excludes halogenated alkanes) is 1. The molecule has 1 heterocycles. The van der Waals surface area contributed by atoms with Crippen LogP contribution in [0.15, 0.2) is 6.20 Å². The van der Waals surface area contributed by atoms with Crippen LogP contribution in [0.1, 0.15) is 25.0 Å². The normalized spacial score (nSPS) is 10.4. The highest BCUT2D eigenvalue weighted by Crippen LogP contribution is 2.13. The quantitative estimate of drug-likeness (QED) is 0.447. The van der Waals surface area contributed by atoms with Crippen molar-refractivity contribution in [3.8, 4) is 0 Å². The lowest BCUT2D eigenvalue weighted by atomic mass is 10.2. The Morgan fingerprint density at radius 1 is 1.64 bits per heavy atom. The van der Waals surface area contributed by atoms with Gasteiger partial charge in [-0.2, -0.15) is 5.10 Å². The average molecular weight is 215 g/mol. The SMILES string of the molecule is Cc1c(Cl)cnn1CCCCC(=N)N. The number of hydrogen-bond acceptors (Lipinski definition) is 2. The number of amidine groups is 1. The molecule has 0 fully saturated rings. The van der Waals surface area contributed by atoms with E-state index in [0.29, 0.717) is 11.4 Å². The van der Waals surface area contributed by atoms with Crippen LogP contribution in [0.5, 0.6) is 0 Å². The van der Waals surface area contributed by atoms with Gasteiger partial charge in [-0.1, -0.05) is 11.6 Å². The monoisotopic (exact) mass is 214 g/mol. The van der Waals surface area contributed by atoms with Gasteiger partial charge in [-0.3, -0.25) is 10.1 Å². The van der Waals surface area contributed by atoms with Crippen LogP contribution in [0, 0.1) is 12.3 Å². The molecule has 0 bridgehead atoms. The van der Waals surface area contributed by atoms with Crippen LogP contribution in [-0.4, -0.2) is 15.6 Å². The van der Waals surface area contributed by atoms with E-state index in [2.05, 4.69) is 5.10 Å². The molecule has 0 unspecified atom stereocenters. The van der Waals surface area contributed by atoms with Crippen LogP contribution in [-0.2, 0) is 6.54 Å². The highest BCUT2D eigenvalue weighted by molar-refractivity contribution is 6.31. The Labute approximate surface area is 88.6 Å². The molecule has 0 atom stereocenters. The molecule has 1 aromatic heterocycles. The van der Waals surface area contributed by atoms with E-state index in [-0.39, 0.29) is 5.84 Å². The molecule has 0 aliphatic rings. The zero-order chi connectivity index (χ0) is 10.6. The van der Waals surface area contributed by atoms with E-state index in [1.165, 1.54) is 0 Å². The van der Waals surface area contributed by atoms with Crippen LogP contribution < -0.4 is 5.73 Å². The van der Waals surface area contributed by atoms with Gasteiger partial charge < -0.3 is 5.73 Å². The minimum atomic E-state index is 0.250. The Morgan fingerprint density at radius 2 is 2.36 bits per heavy atom. The Bertz CT molecular complexity index is 319. The van der Waals surface area contributed by atoms with E-state index in [0.717, 1.165) is 25.1 Å². The molecule has 14 heavy (non-hydrogen) atoms. The molecule has 0 aromatic carbocycles. The van der Waals surface area contributed by atoms with Crippen LogP contribution in [0.3, 0.4) is 0 Å². The highest BCUT2D eigenvalue weighted by atomic mass is 35.5. The first-order valence-corrected chi connectivity index (χ1v) is 5.00. The van der Waals surface area contributed by atoms with Gasteiger partial charge in [0.25, 0.3) is 0 Å². The summed E-state index contributed by atoms with van der Waals surface area (Å²) >= 11 is 5.86. The van der Waals surface area contributed by atoms with E-state index in [4.69, 9.17) is 22.7 Å². The van der Waals surface area contributed by atoms with E-state index >= 15 is 0 Å². The Morgan fingerprint density at radius 3 is 2.86 bits per heavy atom. The first-order valence-electron chi connectivity index (χ1n) is 4.62. The minimum Gasteiger partial charge on any atom is -0.388 e. The second kappa shape index (κ2) is 5.00. The molecule has 4 nitrogen and oxygen atoms in total. The smallest absolute Gasteiger partial charge is 0.0905 e. The number of halogens is 1. The molecule has 0 saturated carbocycles. The van der Waals surface area contributed by atoms with Crippen molar-refractivity contribution in [2.75, 3.05) is 0 Å². The summed E-state index contributed by atoms with van der Waals surface area (Å²) in [5, 5.41) is 11.9. The number of rotatable bonds is 5. The number of nitrogens with zero attached hydrogens (tertiary/aromatic N) is 2. The summed E-state index contributed by atoms with van der Waals surface area (Å²) in [5.74, 6) is 0.250. The molecule has 0 aliphatic heterocycles. The Balaban J connectivity index is 2.31. The predicted octanol–water partition coefficient (Wildman–Crippen LogP) is 1.95. The lowest BCUT2D eigenvalue weighted by Gasteiger charge is -2.03. The topological polar surface area (TPSA) is 67.7 Å². The molecule has 1 rings (SSSR count). The lowest BCUT2D eigenvalue weighted by Crippen LogP contribution is -2.09. The molecular weight excluding hydrogens is 200 g/mol. The zero-order valence-electron chi connectivity index (χ0n) is 8.26. The summed E-state index contributed by atoms with van der Waals surface area (Å²) < 4.78 is 1.88. The van der Waals surface area contributed by atoms with Gasteiger partial charge in [0.2, 0.25) is 0 Å². The molecule has 0 aliphatic carbocycles. The summed E-state index contributed by atoms with van der Waals surface area (Å²) in [7, 11) is 0. The number of hydrogen-bond donors (Lipinski definition) is 2. The van der Waals surface area contributed by atoms with Crippen molar-refractivity contribution in [3.63, 3.8) is 0 Å². The van der Waals surface area contributed by atoms with Crippen LogP contribution >= 0.6 is 11.6 Å². The number of aryl methyl sites for hydroxylation is 1. The summed E-state index contributed by atoms with van der Waals surface area (Å²) in [5.41, 5.74) is 6.24. The van der Waals surface area contributed by atoms with E-state index in [1.807, 2.05) is 11.6 Å². The molecule has 0 spiro atoms. The fourth-order valence-electron chi connectivity index (χ4n) is 1.23.